The van der Waals surface area contributed by atoms with Crippen LogP contribution in [-0.4, -0.2) is 56.9 Å². The van der Waals surface area contributed by atoms with Gasteiger partial charge in [-0.15, -0.1) is 0 Å². The minimum atomic E-state index is -1.13. The Bertz CT molecular complexity index is 1180. The number of rotatable bonds is 16. The molecule has 0 amide bonds. The summed E-state index contributed by atoms with van der Waals surface area (Å²) >= 11 is 0. The summed E-state index contributed by atoms with van der Waals surface area (Å²) in [6, 6.07) is 3.30. The van der Waals surface area contributed by atoms with Crippen molar-refractivity contribution in [2.75, 3.05) is 13.2 Å². The number of aliphatic hydroxyl groups is 4. The van der Waals surface area contributed by atoms with Gasteiger partial charge in [-0.05, 0) is 93.6 Å². The average Bonchev–Trinajstić information content (AvgIpc) is 3.32. The van der Waals surface area contributed by atoms with E-state index in [-0.39, 0.29) is 47.5 Å². The van der Waals surface area contributed by atoms with E-state index in [4.69, 9.17) is 14.3 Å². The van der Waals surface area contributed by atoms with Gasteiger partial charge in [-0.25, -0.2) is 4.79 Å². The van der Waals surface area contributed by atoms with E-state index < -0.39 is 16.6 Å². The summed E-state index contributed by atoms with van der Waals surface area (Å²) in [6.45, 7) is 2.35. The van der Waals surface area contributed by atoms with E-state index >= 15 is 0 Å². The highest BCUT2D eigenvalue weighted by molar-refractivity contribution is 5.69. The number of hydrogen-bond acceptors (Lipinski definition) is 8. The van der Waals surface area contributed by atoms with Crippen LogP contribution < -0.4 is 5.63 Å². The molecule has 260 valence electrons. The summed E-state index contributed by atoms with van der Waals surface area (Å²) in [7, 11) is 0. The van der Waals surface area contributed by atoms with Crippen molar-refractivity contribution in [1.29, 1.82) is 0 Å². The smallest absolute Gasteiger partial charge is 0.335 e. The molecule has 1 aromatic rings. The molecule has 4 aliphatic carbocycles. The molecule has 4 saturated carbocycles. The quantitative estimate of drug-likeness (QED) is 0.117. The molecule has 0 spiro atoms. The molecule has 4 fully saturated rings. The van der Waals surface area contributed by atoms with Crippen LogP contribution in [0.5, 0.6) is 0 Å². The van der Waals surface area contributed by atoms with Crippen LogP contribution >= 0.6 is 0 Å². The highest BCUT2D eigenvalue weighted by atomic mass is 16.5. The molecule has 4 aliphatic rings. The van der Waals surface area contributed by atoms with Crippen molar-refractivity contribution in [3.8, 4) is 0 Å². The zero-order chi connectivity index (χ0) is 32.8. The third kappa shape index (κ3) is 6.88. The van der Waals surface area contributed by atoms with Crippen molar-refractivity contribution in [2.45, 2.75) is 165 Å². The maximum Gasteiger partial charge on any atom is 0.335 e. The van der Waals surface area contributed by atoms with Gasteiger partial charge in [0.05, 0.1) is 24.1 Å². The van der Waals surface area contributed by atoms with Gasteiger partial charge in [-0.3, -0.25) is 4.79 Å². The Labute approximate surface area is 275 Å². The second kappa shape index (κ2) is 15.2. The lowest BCUT2D eigenvalue weighted by Crippen LogP contribution is -2.69. The highest BCUT2D eigenvalue weighted by Gasteiger charge is 2.71. The predicted octanol–water partition coefficient (Wildman–Crippen LogP) is 6.55. The van der Waals surface area contributed by atoms with Crippen LogP contribution in [0.1, 0.15) is 153 Å². The second-order valence-electron chi connectivity index (χ2n) is 15.7. The summed E-state index contributed by atoms with van der Waals surface area (Å²) in [5, 5.41) is 44.5. The van der Waals surface area contributed by atoms with Gasteiger partial charge in [-0.2, -0.15) is 0 Å². The number of carbonyl (C=O) groups excluding carboxylic acids is 1. The number of ether oxygens (including phenoxy) is 1. The monoisotopic (exact) mass is 644 g/mol. The van der Waals surface area contributed by atoms with E-state index in [1.165, 1.54) is 44.6 Å². The van der Waals surface area contributed by atoms with Gasteiger partial charge in [-0.1, -0.05) is 64.7 Å². The van der Waals surface area contributed by atoms with E-state index in [0.717, 1.165) is 56.9 Å². The molecule has 0 aromatic carbocycles. The third-order valence-corrected chi connectivity index (χ3v) is 13.4. The lowest BCUT2D eigenvalue weighted by molar-refractivity contribution is -0.269. The Morgan fingerprint density at radius 1 is 0.826 bits per heavy atom. The summed E-state index contributed by atoms with van der Waals surface area (Å²) in [6.07, 6.45) is 19.9. The molecule has 8 nitrogen and oxygen atoms in total. The first kappa shape index (κ1) is 35.6. The first-order chi connectivity index (χ1) is 22.1. The molecule has 0 aliphatic heterocycles. The molecular formula is C38H60O8. The normalized spacial score (nSPS) is 36.9. The number of fused-ring (bicyclic) bond motifs is 5. The first-order valence-corrected chi connectivity index (χ1v) is 18.6. The van der Waals surface area contributed by atoms with Crippen molar-refractivity contribution in [3.63, 3.8) is 0 Å². The Kier molecular flexibility index (Phi) is 11.8. The number of aliphatic hydroxyl groups excluding tert-OH is 2. The topological polar surface area (TPSA) is 137 Å². The number of unbranched alkanes of at least 4 members (excludes halogenated alkanes) is 10. The Hall–Kier alpha value is -1.74. The van der Waals surface area contributed by atoms with Gasteiger partial charge < -0.3 is 29.6 Å². The Balaban J connectivity index is 1.10. The van der Waals surface area contributed by atoms with Crippen molar-refractivity contribution < 1.29 is 34.4 Å². The van der Waals surface area contributed by atoms with Crippen LogP contribution in [0.2, 0.25) is 0 Å². The lowest BCUT2D eigenvalue weighted by atomic mass is 9.41. The lowest BCUT2D eigenvalue weighted by Gasteiger charge is -2.66. The van der Waals surface area contributed by atoms with E-state index in [2.05, 4.69) is 6.92 Å². The summed E-state index contributed by atoms with van der Waals surface area (Å²) in [5.41, 5.74) is -2.57. The maximum atomic E-state index is 12.8. The average molecular weight is 645 g/mol. The van der Waals surface area contributed by atoms with Crippen molar-refractivity contribution in [2.24, 2.45) is 22.7 Å². The van der Waals surface area contributed by atoms with Crippen LogP contribution in [0.25, 0.3) is 0 Å². The van der Waals surface area contributed by atoms with Gasteiger partial charge in [0.2, 0.25) is 0 Å². The largest absolute Gasteiger partial charge is 0.462 e. The summed E-state index contributed by atoms with van der Waals surface area (Å²) < 4.78 is 11.1. The maximum absolute atomic E-state index is 12.8. The number of carbonyl (C=O) groups is 1. The van der Waals surface area contributed by atoms with Crippen molar-refractivity contribution in [1.82, 2.24) is 0 Å². The standard InChI is InChI=1S/C38H60O8/c1-35-20-17-31-32(38(35,44)23-19-30(35)28-14-15-33(41)45-26-28)18-22-37(43)25-29(16-21-36(31,37)27-40)46-34(42)13-11-9-7-5-3-2-4-6-8-10-12-24-39/h14-15,26,29-32,39-40,43-44H,2-13,16-25,27H2,1H3/t29-,30+,31-,32+,35+,36-,37-,38-/m0/s1. The van der Waals surface area contributed by atoms with Crippen molar-refractivity contribution >= 4 is 5.97 Å². The molecule has 1 heterocycles. The molecule has 0 unspecified atom stereocenters. The van der Waals surface area contributed by atoms with Crippen LogP contribution in [-0.2, 0) is 9.53 Å². The fourth-order valence-electron chi connectivity index (χ4n) is 10.7. The third-order valence-electron chi connectivity index (χ3n) is 13.4. The molecular weight excluding hydrogens is 584 g/mol. The van der Waals surface area contributed by atoms with Crippen molar-refractivity contribution in [3.05, 3.63) is 34.4 Å². The zero-order valence-electron chi connectivity index (χ0n) is 28.2. The molecule has 0 radical (unpaired) electrons. The molecule has 1 aromatic heterocycles. The highest BCUT2D eigenvalue weighted by Crippen LogP contribution is 2.71. The zero-order valence-corrected chi connectivity index (χ0v) is 28.2. The van der Waals surface area contributed by atoms with E-state index in [0.29, 0.717) is 51.6 Å². The molecule has 8 atom stereocenters. The van der Waals surface area contributed by atoms with Crippen LogP contribution in [0.15, 0.2) is 27.6 Å². The van der Waals surface area contributed by atoms with Crippen LogP contribution in [0.4, 0.5) is 0 Å². The minimum Gasteiger partial charge on any atom is -0.462 e. The van der Waals surface area contributed by atoms with Crippen LogP contribution in [0.3, 0.4) is 0 Å². The van der Waals surface area contributed by atoms with E-state index in [9.17, 15) is 24.9 Å². The second-order valence-corrected chi connectivity index (χ2v) is 15.7. The predicted molar refractivity (Wildman–Crippen MR) is 176 cm³/mol. The molecule has 46 heavy (non-hydrogen) atoms. The fraction of sp³-hybridized carbons (Fsp3) is 0.842. The van der Waals surface area contributed by atoms with Gasteiger partial charge in [0, 0.05) is 36.3 Å². The summed E-state index contributed by atoms with van der Waals surface area (Å²) in [5.74, 6) is -0.139. The minimum absolute atomic E-state index is 0.00954. The van der Waals surface area contributed by atoms with E-state index in [1.807, 2.05) is 6.07 Å². The molecule has 0 bridgehead atoms. The molecule has 8 heteroatoms. The molecule has 0 saturated heterocycles. The fourth-order valence-corrected chi connectivity index (χ4v) is 10.7. The molecule has 4 N–H and O–H groups in total. The SMILES string of the molecule is C[C@]12CC[C@H]3[C@@H](CC[C@]4(O)C[C@@H](OC(=O)CCCCCCCCCCCCCO)CC[C@]34CO)[C@@]1(O)CC[C@@H]2c1ccc(=O)oc1. The van der Waals surface area contributed by atoms with Gasteiger partial charge in [0.25, 0.3) is 0 Å². The van der Waals surface area contributed by atoms with Gasteiger partial charge in [0.15, 0.2) is 0 Å². The number of esters is 1. The Morgan fingerprint density at radius 3 is 2.11 bits per heavy atom. The van der Waals surface area contributed by atoms with E-state index in [1.54, 1.807) is 6.26 Å². The van der Waals surface area contributed by atoms with Crippen LogP contribution in [0, 0.1) is 22.7 Å². The Morgan fingerprint density at radius 2 is 1.48 bits per heavy atom. The summed E-state index contributed by atoms with van der Waals surface area (Å²) in [4.78, 5) is 24.4. The first-order valence-electron chi connectivity index (χ1n) is 18.6. The van der Waals surface area contributed by atoms with Gasteiger partial charge >= 0.3 is 11.6 Å². The molecule has 5 rings (SSSR count). The van der Waals surface area contributed by atoms with Gasteiger partial charge in [0.1, 0.15) is 6.10 Å². The number of hydrogen-bond donors (Lipinski definition) is 4.